The number of alkyl halides is 3. The maximum atomic E-state index is 13.3. The fraction of sp³-hybridized carbons (Fsp3) is 0.462. The highest BCUT2D eigenvalue weighted by Gasteiger charge is 2.51. The van der Waals surface area contributed by atoms with Gasteiger partial charge in [0.1, 0.15) is 11.6 Å². The summed E-state index contributed by atoms with van der Waals surface area (Å²) < 4.78 is 39.8. The first-order chi connectivity index (χ1) is 9.24. The van der Waals surface area contributed by atoms with Gasteiger partial charge in [0.05, 0.1) is 0 Å². The van der Waals surface area contributed by atoms with Gasteiger partial charge in [0.25, 0.3) is 0 Å². The van der Waals surface area contributed by atoms with Crippen LogP contribution in [0.15, 0.2) is 30.3 Å². The Kier molecular flexibility index (Phi) is 3.75. The summed E-state index contributed by atoms with van der Waals surface area (Å²) in [5.41, 5.74) is 4.12. The number of rotatable bonds is 3. The van der Waals surface area contributed by atoms with Crippen molar-refractivity contribution in [3.8, 4) is 0 Å². The molecule has 2 unspecified atom stereocenters. The first-order valence-electron chi connectivity index (χ1n) is 6.12. The zero-order chi connectivity index (χ0) is 15.0. The lowest BCUT2D eigenvalue weighted by atomic mass is 10.0. The first-order valence-corrected chi connectivity index (χ1v) is 6.12. The van der Waals surface area contributed by atoms with E-state index in [0.29, 0.717) is 0 Å². The minimum absolute atomic E-state index is 0.00173. The summed E-state index contributed by atoms with van der Waals surface area (Å²) in [6.45, 7) is -0.316. The number of carbonyl (C=O) groups is 1. The molecule has 0 saturated carbocycles. The molecule has 1 aromatic carbocycles. The minimum Gasteiger partial charge on any atom is -0.480 e. The lowest BCUT2D eigenvalue weighted by Crippen LogP contribution is -2.51. The van der Waals surface area contributed by atoms with Crippen LogP contribution in [0.3, 0.4) is 0 Å². The smallest absolute Gasteiger partial charge is 0.408 e. The van der Waals surface area contributed by atoms with Crippen molar-refractivity contribution in [2.24, 2.45) is 5.73 Å². The number of halogens is 3. The summed E-state index contributed by atoms with van der Waals surface area (Å²) in [4.78, 5) is 12.1. The van der Waals surface area contributed by atoms with E-state index in [2.05, 4.69) is 0 Å². The van der Waals surface area contributed by atoms with Gasteiger partial charge in [0, 0.05) is 13.1 Å². The molecule has 1 aliphatic heterocycles. The van der Waals surface area contributed by atoms with Crippen LogP contribution in [-0.4, -0.2) is 40.8 Å². The monoisotopic (exact) mass is 288 g/mol. The van der Waals surface area contributed by atoms with Crippen molar-refractivity contribution in [2.75, 3.05) is 13.1 Å². The van der Waals surface area contributed by atoms with Gasteiger partial charge in [-0.25, -0.2) is 0 Å². The molecule has 2 atom stereocenters. The summed E-state index contributed by atoms with van der Waals surface area (Å²) in [6, 6.07) is 5.62. The van der Waals surface area contributed by atoms with E-state index >= 15 is 0 Å². The van der Waals surface area contributed by atoms with Crippen LogP contribution in [0.1, 0.15) is 18.0 Å². The second kappa shape index (κ2) is 5.06. The third kappa shape index (κ3) is 2.78. The quantitative estimate of drug-likeness (QED) is 0.889. The second-order valence-corrected chi connectivity index (χ2v) is 5.04. The number of hydrogen-bond acceptors (Lipinski definition) is 3. The predicted molar refractivity (Wildman–Crippen MR) is 66.0 cm³/mol. The van der Waals surface area contributed by atoms with Gasteiger partial charge < -0.3 is 10.8 Å². The molecule has 0 radical (unpaired) electrons. The fourth-order valence-corrected chi connectivity index (χ4v) is 2.50. The fourth-order valence-electron chi connectivity index (χ4n) is 2.50. The highest BCUT2D eigenvalue weighted by molar-refractivity contribution is 5.79. The number of carboxylic acid groups (broad SMARTS) is 1. The summed E-state index contributed by atoms with van der Waals surface area (Å²) >= 11 is 0. The summed E-state index contributed by atoms with van der Waals surface area (Å²) in [5, 5.41) is 9.01. The highest BCUT2D eigenvalue weighted by atomic mass is 19.4. The number of likely N-dealkylation sites (tertiary alicyclic amines) is 1. The van der Waals surface area contributed by atoms with Gasteiger partial charge in [-0.3, -0.25) is 9.69 Å². The van der Waals surface area contributed by atoms with E-state index in [4.69, 9.17) is 10.8 Å². The number of hydrogen-bond donors (Lipinski definition) is 2. The molecule has 4 nitrogen and oxygen atoms in total. The van der Waals surface area contributed by atoms with E-state index in [0.717, 1.165) is 4.90 Å². The molecule has 0 amide bonds. The van der Waals surface area contributed by atoms with Crippen LogP contribution in [0, 0.1) is 0 Å². The Hall–Kier alpha value is -1.60. The van der Waals surface area contributed by atoms with Crippen LogP contribution in [0.2, 0.25) is 0 Å². The molecule has 1 heterocycles. The van der Waals surface area contributed by atoms with Crippen LogP contribution < -0.4 is 5.73 Å². The molecular weight excluding hydrogens is 273 g/mol. The normalized spacial score (nSPS) is 25.6. The molecule has 7 heteroatoms. The molecule has 20 heavy (non-hydrogen) atoms. The number of nitrogens with zero attached hydrogens (tertiary/aromatic N) is 1. The maximum Gasteiger partial charge on any atom is 0.408 e. The van der Waals surface area contributed by atoms with E-state index in [9.17, 15) is 18.0 Å². The number of nitrogens with two attached hydrogens (primary N) is 1. The van der Waals surface area contributed by atoms with Crippen molar-refractivity contribution in [1.29, 1.82) is 0 Å². The molecule has 3 N–H and O–H groups in total. The topological polar surface area (TPSA) is 66.6 Å². The summed E-state index contributed by atoms with van der Waals surface area (Å²) in [7, 11) is 0. The van der Waals surface area contributed by atoms with E-state index in [1.54, 1.807) is 6.07 Å². The molecule has 1 aliphatic rings. The Bertz CT molecular complexity index is 492. The molecule has 0 spiro atoms. The van der Waals surface area contributed by atoms with Gasteiger partial charge in [0.15, 0.2) is 0 Å². The first kappa shape index (κ1) is 14.8. The van der Waals surface area contributed by atoms with Gasteiger partial charge in [-0.2, -0.15) is 13.2 Å². The zero-order valence-corrected chi connectivity index (χ0v) is 10.6. The largest absolute Gasteiger partial charge is 0.480 e. The average molecular weight is 288 g/mol. The zero-order valence-electron chi connectivity index (χ0n) is 10.6. The van der Waals surface area contributed by atoms with E-state index < -0.39 is 23.7 Å². The Morgan fingerprint density at radius 1 is 1.35 bits per heavy atom. The van der Waals surface area contributed by atoms with Crippen molar-refractivity contribution in [2.45, 2.75) is 24.2 Å². The lowest BCUT2D eigenvalue weighted by molar-refractivity contribution is -0.184. The average Bonchev–Trinajstić information content (AvgIpc) is 2.73. The summed E-state index contributed by atoms with van der Waals surface area (Å²) in [5.74, 6) is -1.27. The van der Waals surface area contributed by atoms with E-state index in [1.807, 2.05) is 0 Å². The highest BCUT2D eigenvalue weighted by Crippen LogP contribution is 2.40. The third-order valence-corrected chi connectivity index (χ3v) is 3.55. The molecule has 110 valence electrons. The van der Waals surface area contributed by atoms with E-state index in [-0.39, 0.29) is 25.1 Å². The molecule has 1 saturated heterocycles. The van der Waals surface area contributed by atoms with Crippen molar-refractivity contribution in [3.63, 3.8) is 0 Å². The van der Waals surface area contributed by atoms with E-state index in [1.165, 1.54) is 24.3 Å². The standard InChI is InChI=1S/C13H15F3N2O2/c14-13(15,16)10(9-4-2-1-3-5-9)18-7-6-12(17,8-18)11(19)20/h1-5,10H,6-8,17H2,(H,19,20). The predicted octanol–water partition coefficient (Wildman–Crippen LogP) is 1.78. The van der Waals surface area contributed by atoms with Crippen molar-refractivity contribution in [3.05, 3.63) is 35.9 Å². The number of carboxylic acids is 1. The molecule has 1 fully saturated rings. The Morgan fingerprint density at radius 3 is 2.40 bits per heavy atom. The van der Waals surface area contributed by atoms with Gasteiger partial charge in [-0.1, -0.05) is 30.3 Å². The molecule has 0 aromatic heterocycles. The van der Waals surface area contributed by atoms with Crippen molar-refractivity contribution < 1.29 is 23.1 Å². The van der Waals surface area contributed by atoms with Gasteiger partial charge in [0.2, 0.25) is 0 Å². The maximum absolute atomic E-state index is 13.3. The van der Waals surface area contributed by atoms with Crippen molar-refractivity contribution >= 4 is 5.97 Å². The third-order valence-electron chi connectivity index (χ3n) is 3.55. The molecule has 1 aromatic rings. The van der Waals surface area contributed by atoms with Gasteiger partial charge in [-0.15, -0.1) is 0 Å². The molecule has 2 rings (SSSR count). The minimum atomic E-state index is -4.48. The van der Waals surface area contributed by atoms with Crippen LogP contribution in [0.5, 0.6) is 0 Å². The van der Waals surface area contributed by atoms with Gasteiger partial charge >= 0.3 is 12.1 Å². The second-order valence-electron chi connectivity index (χ2n) is 5.04. The Morgan fingerprint density at radius 2 is 1.95 bits per heavy atom. The van der Waals surface area contributed by atoms with Crippen LogP contribution in [0.4, 0.5) is 13.2 Å². The SMILES string of the molecule is NC1(C(=O)O)CCN(C(c2ccccc2)C(F)(F)F)C1. The Balaban J connectivity index is 2.29. The molecular formula is C13H15F3N2O2. The van der Waals surface area contributed by atoms with Crippen LogP contribution in [0.25, 0.3) is 0 Å². The number of benzene rings is 1. The summed E-state index contributed by atoms with van der Waals surface area (Å²) in [6.07, 6.45) is -4.48. The molecule has 0 aliphatic carbocycles. The van der Waals surface area contributed by atoms with Crippen molar-refractivity contribution in [1.82, 2.24) is 4.90 Å². The Labute approximate surface area is 114 Å². The van der Waals surface area contributed by atoms with Crippen LogP contribution in [-0.2, 0) is 4.79 Å². The van der Waals surface area contributed by atoms with Gasteiger partial charge in [-0.05, 0) is 12.0 Å². The molecule has 0 bridgehead atoms. The lowest BCUT2D eigenvalue weighted by Gasteiger charge is -2.30. The number of aliphatic carboxylic acids is 1. The van der Waals surface area contributed by atoms with Crippen LogP contribution >= 0.6 is 0 Å².